The Kier molecular flexibility index (Phi) is 8.23. The van der Waals surface area contributed by atoms with Crippen molar-refractivity contribution in [3.05, 3.63) is 63.7 Å². The lowest BCUT2D eigenvalue weighted by molar-refractivity contribution is -0.140. The first kappa shape index (κ1) is 25.6. The fraction of sp³-hybridized carbons (Fsp3) is 0.385. The third kappa shape index (κ3) is 5.21. The molecule has 1 fully saturated rings. The SMILES string of the molecule is COc1cc(/C(O)=C2\C(=O)C(=O)N(CCCOC(C)C)C2c2cccc(C)c2)c(OC)cc1Cl. The molecule has 0 aromatic heterocycles. The van der Waals surface area contributed by atoms with Gasteiger partial charge in [0.25, 0.3) is 11.7 Å². The molecule has 1 unspecified atom stereocenters. The Hall–Kier alpha value is -3.03. The summed E-state index contributed by atoms with van der Waals surface area (Å²) in [6.45, 7) is 6.55. The fourth-order valence-electron chi connectivity index (χ4n) is 4.04. The van der Waals surface area contributed by atoms with Gasteiger partial charge >= 0.3 is 0 Å². The number of aliphatic hydroxyl groups is 1. The Balaban J connectivity index is 2.14. The molecule has 34 heavy (non-hydrogen) atoms. The minimum atomic E-state index is -0.759. The molecule has 1 aliphatic rings. The van der Waals surface area contributed by atoms with Gasteiger partial charge in [-0.15, -0.1) is 0 Å². The quantitative estimate of drug-likeness (QED) is 0.234. The average Bonchev–Trinajstić information content (AvgIpc) is 3.06. The molecule has 1 amide bonds. The fourth-order valence-corrected chi connectivity index (χ4v) is 4.27. The number of likely N-dealkylation sites (tertiary alicyclic amines) is 1. The average molecular weight is 488 g/mol. The lowest BCUT2D eigenvalue weighted by Crippen LogP contribution is -2.31. The number of rotatable bonds is 9. The number of aliphatic hydroxyl groups excluding tert-OH is 1. The first-order valence-electron chi connectivity index (χ1n) is 11.1. The number of hydrogen-bond acceptors (Lipinski definition) is 6. The highest BCUT2D eigenvalue weighted by molar-refractivity contribution is 6.46. The molecule has 7 nitrogen and oxygen atoms in total. The van der Waals surface area contributed by atoms with Gasteiger partial charge in [-0.3, -0.25) is 9.59 Å². The van der Waals surface area contributed by atoms with E-state index in [0.29, 0.717) is 25.3 Å². The van der Waals surface area contributed by atoms with Crippen LogP contribution in [0.15, 0.2) is 42.0 Å². The van der Waals surface area contributed by atoms with Gasteiger partial charge in [0.1, 0.15) is 17.3 Å². The van der Waals surface area contributed by atoms with E-state index in [1.165, 1.54) is 31.3 Å². The molecule has 0 spiro atoms. The maximum Gasteiger partial charge on any atom is 0.295 e. The lowest BCUT2D eigenvalue weighted by atomic mass is 9.94. The molecule has 0 saturated carbocycles. The maximum absolute atomic E-state index is 13.2. The highest BCUT2D eigenvalue weighted by atomic mass is 35.5. The van der Waals surface area contributed by atoms with E-state index < -0.39 is 17.7 Å². The summed E-state index contributed by atoms with van der Waals surface area (Å²) in [4.78, 5) is 27.8. The summed E-state index contributed by atoms with van der Waals surface area (Å²) >= 11 is 6.21. The zero-order valence-corrected chi connectivity index (χ0v) is 20.8. The molecule has 8 heteroatoms. The van der Waals surface area contributed by atoms with Gasteiger partial charge in [-0.25, -0.2) is 0 Å². The van der Waals surface area contributed by atoms with Crippen molar-refractivity contribution < 1.29 is 28.9 Å². The molecule has 2 aromatic carbocycles. The molecular weight excluding hydrogens is 458 g/mol. The van der Waals surface area contributed by atoms with Crippen LogP contribution in [0, 0.1) is 6.92 Å². The molecule has 0 aliphatic carbocycles. The van der Waals surface area contributed by atoms with Crippen molar-refractivity contribution in [2.75, 3.05) is 27.4 Å². The third-order valence-electron chi connectivity index (χ3n) is 5.62. The zero-order valence-electron chi connectivity index (χ0n) is 20.1. The van der Waals surface area contributed by atoms with Gasteiger partial charge in [0, 0.05) is 19.2 Å². The molecule has 182 valence electrons. The molecule has 1 N–H and O–H groups in total. The van der Waals surface area contributed by atoms with Crippen LogP contribution in [0.4, 0.5) is 0 Å². The van der Waals surface area contributed by atoms with Crippen LogP contribution in [-0.2, 0) is 14.3 Å². The third-order valence-corrected chi connectivity index (χ3v) is 5.92. The normalized spacial score (nSPS) is 17.5. The van der Waals surface area contributed by atoms with Crippen LogP contribution in [0.3, 0.4) is 0 Å². The Morgan fingerprint density at radius 3 is 2.44 bits per heavy atom. The Morgan fingerprint density at radius 2 is 1.82 bits per heavy atom. The summed E-state index contributed by atoms with van der Waals surface area (Å²) in [6.07, 6.45) is 0.612. The molecule has 1 heterocycles. The number of halogens is 1. The van der Waals surface area contributed by atoms with E-state index in [1.807, 2.05) is 45.0 Å². The monoisotopic (exact) mass is 487 g/mol. The van der Waals surface area contributed by atoms with E-state index in [1.54, 1.807) is 0 Å². The van der Waals surface area contributed by atoms with Crippen molar-refractivity contribution in [2.24, 2.45) is 0 Å². The van der Waals surface area contributed by atoms with Crippen LogP contribution < -0.4 is 9.47 Å². The smallest absolute Gasteiger partial charge is 0.295 e. The summed E-state index contributed by atoms with van der Waals surface area (Å²) in [5.74, 6) is -1.22. The second-order valence-electron chi connectivity index (χ2n) is 8.37. The van der Waals surface area contributed by atoms with E-state index in [9.17, 15) is 14.7 Å². The van der Waals surface area contributed by atoms with E-state index in [2.05, 4.69) is 0 Å². The van der Waals surface area contributed by atoms with Gasteiger partial charge in [0.2, 0.25) is 0 Å². The van der Waals surface area contributed by atoms with E-state index in [-0.39, 0.29) is 33.8 Å². The number of ketones is 1. The minimum Gasteiger partial charge on any atom is -0.507 e. The second kappa shape index (κ2) is 10.9. The Labute approximate surface area is 204 Å². The molecular formula is C26H30ClNO6. The van der Waals surface area contributed by atoms with Crippen molar-refractivity contribution in [1.29, 1.82) is 0 Å². The number of carbonyl (C=O) groups excluding carboxylic acids is 2. The van der Waals surface area contributed by atoms with Gasteiger partial charge in [0.15, 0.2) is 0 Å². The van der Waals surface area contributed by atoms with Crippen LogP contribution in [0.2, 0.25) is 5.02 Å². The molecule has 2 aromatic rings. The van der Waals surface area contributed by atoms with E-state index >= 15 is 0 Å². The van der Waals surface area contributed by atoms with Crippen LogP contribution in [0.1, 0.15) is 43.0 Å². The largest absolute Gasteiger partial charge is 0.507 e. The molecule has 1 saturated heterocycles. The van der Waals surface area contributed by atoms with Crippen LogP contribution in [0.5, 0.6) is 11.5 Å². The van der Waals surface area contributed by atoms with Crippen LogP contribution in [0.25, 0.3) is 5.76 Å². The number of benzene rings is 2. The summed E-state index contributed by atoms with van der Waals surface area (Å²) in [5.41, 5.74) is 1.90. The Bertz CT molecular complexity index is 1110. The second-order valence-corrected chi connectivity index (χ2v) is 8.77. The minimum absolute atomic E-state index is 0.0111. The number of aryl methyl sites for hydroxylation is 1. The predicted octanol–water partition coefficient (Wildman–Crippen LogP) is 4.90. The molecule has 0 radical (unpaired) electrons. The number of nitrogens with zero attached hydrogens (tertiary/aromatic N) is 1. The number of carbonyl (C=O) groups is 2. The number of Topliss-reactive ketones (excluding diaryl/α,β-unsaturated/α-hetero) is 1. The summed E-state index contributed by atoms with van der Waals surface area (Å²) in [7, 11) is 2.88. The summed E-state index contributed by atoms with van der Waals surface area (Å²) in [6, 6.07) is 9.77. The summed E-state index contributed by atoms with van der Waals surface area (Å²) < 4.78 is 16.3. The van der Waals surface area contributed by atoms with Crippen molar-refractivity contribution in [1.82, 2.24) is 4.90 Å². The highest BCUT2D eigenvalue weighted by Crippen LogP contribution is 2.43. The van der Waals surface area contributed by atoms with Gasteiger partial charge in [0.05, 0.1) is 42.5 Å². The van der Waals surface area contributed by atoms with Crippen molar-refractivity contribution in [3.63, 3.8) is 0 Å². The molecule has 1 aliphatic heterocycles. The van der Waals surface area contributed by atoms with Gasteiger partial charge in [-0.05, 0) is 38.8 Å². The number of hydrogen-bond donors (Lipinski definition) is 1. The van der Waals surface area contributed by atoms with E-state index in [0.717, 1.165) is 11.1 Å². The van der Waals surface area contributed by atoms with Crippen LogP contribution in [-0.4, -0.2) is 55.2 Å². The van der Waals surface area contributed by atoms with Crippen molar-refractivity contribution in [3.8, 4) is 11.5 Å². The maximum atomic E-state index is 13.2. The van der Waals surface area contributed by atoms with Crippen molar-refractivity contribution >= 4 is 29.1 Å². The Morgan fingerprint density at radius 1 is 1.12 bits per heavy atom. The molecule has 1 atom stereocenters. The number of methoxy groups -OCH3 is 2. The number of ether oxygens (including phenoxy) is 3. The van der Waals surface area contributed by atoms with Crippen LogP contribution >= 0.6 is 11.6 Å². The lowest BCUT2D eigenvalue weighted by Gasteiger charge is -2.26. The van der Waals surface area contributed by atoms with Crippen molar-refractivity contribution in [2.45, 2.75) is 39.3 Å². The zero-order chi connectivity index (χ0) is 25.0. The summed E-state index contributed by atoms with van der Waals surface area (Å²) in [5, 5.41) is 11.7. The molecule has 0 bridgehead atoms. The van der Waals surface area contributed by atoms with E-state index in [4.69, 9.17) is 25.8 Å². The molecule has 3 rings (SSSR count). The first-order valence-corrected chi connectivity index (χ1v) is 11.5. The number of amides is 1. The predicted molar refractivity (Wildman–Crippen MR) is 130 cm³/mol. The van der Waals surface area contributed by atoms with Gasteiger partial charge < -0.3 is 24.2 Å². The highest BCUT2D eigenvalue weighted by Gasteiger charge is 2.46. The topological polar surface area (TPSA) is 85.3 Å². The van der Waals surface area contributed by atoms with Gasteiger partial charge in [-0.1, -0.05) is 41.4 Å². The standard InChI is InChI=1S/C26H30ClNO6/c1-15(2)34-11-7-10-28-23(17-9-6-8-16(3)12-17)22(25(30)26(28)31)24(29)18-13-21(33-5)19(27)14-20(18)32-4/h6,8-9,12-15,23,29H,7,10-11H2,1-5H3/b24-22+. The van der Waals surface area contributed by atoms with Gasteiger partial charge in [-0.2, -0.15) is 0 Å². The first-order chi connectivity index (χ1) is 16.2.